The van der Waals surface area contributed by atoms with Crippen LogP contribution in [0.25, 0.3) is 0 Å². The number of fused-ring (bicyclic) bond motifs is 1. The second-order valence-electron chi connectivity index (χ2n) is 8.25. The molecule has 2 amide bonds. The topological polar surface area (TPSA) is 58.6 Å². The minimum absolute atomic E-state index is 0.122. The zero-order chi connectivity index (χ0) is 23.4. The van der Waals surface area contributed by atoms with Crippen molar-refractivity contribution in [3.8, 4) is 5.75 Å². The summed E-state index contributed by atoms with van der Waals surface area (Å²) in [7, 11) is 0. The molecule has 170 valence electrons. The SMILES string of the molecule is CCCCOc1ccc(C(=O)N2CC(=O)Nc3ccc(C)cc3C2c2ccc(F)cc2)cc1. The van der Waals surface area contributed by atoms with Crippen LogP contribution in [0.4, 0.5) is 10.1 Å². The number of rotatable bonds is 6. The number of nitrogens with one attached hydrogen (secondary N) is 1. The molecule has 0 aromatic heterocycles. The first-order chi connectivity index (χ1) is 16.0. The van der Waals surface area contributed by atoms with Crippen molar-refractivity contribution >= 4 is 17.5 Å². The van der Waals surface area contributed by atoms with Crippen molar-refractivity contribution in [3.05, 3.63) is 94.8 Å². The summed E-state index contributed by atoms with van der Waals surface area (Å²) >= 11 is 0. The van der Waals surface area contributed by atoms with E-state index in [1.165, 1.54) is 12.1 Å². The summed E-state index contributed by atoms with van der Waals surface area (Å²) in [5.41, 5.74) is 3.62. The molecule has 33 heavy (non-hydrogen) atoms. The van der Waals surface area contributed by atoms with Crippen molar-refractivity contribution in [1.82, 2.24) is 4.90 Å². The van der Waals surface area contributed by atoms with Crippen LogP contribution in [0.3, 0.4) is 0 Å². The Bertz CT molecular complexity index is 1140. The fourth-order valence-corrected chi connectivity index (χ4v) is 4.01. The second-order valence-corrected chi connectivity index (χ2v) is 8.25. The van der Waals surface area contributed by atoms with Crippen LogP contribution in [0.5, 0.6) is 5.75 Å². The molecule has 1 aliphatic rings. The number of amides is 2. The number of halogens is 1. The highest BCUT2D eigenvalue weighted by Gasteiger charge is 2.34. The quantitative estimate of drug-likeness (QED) is 0.509. The maximum atomic E-state index is 13.7. The average Bonchev–Trinajstić information content (AvgIpc) is 2.95. The lowest BCUT2D eigenvalue weighted by Gasteiger charge is -2.31. The van der Waals surface area contributed by atoms with Crippen LogP contribution >= 0.6 is 0 Å². The number of carbonyl (C=O) groups excluding carboxylic acids is 2. The lowest BCUT2D eigenvalue weighted by atomic mass is 9.94. The molecule has 1 aliphatic heterocycles. The van der Waals surface area contributed by atoms with Gasteiger partial charge in [0.15, 0.2) is 0 Å². The zero-order valence-electron chi connectivity index (χ0n) is 18.8. The molecule has 1 N–H and O–H groups in total. The summed E-state index contributed by atoms with van der Waals surface area (Å²) in [5.74, 6) is -0.223. The molecule has 0 fully saturated rings. The molecule has 6 heteroatoms. The highest BCUT2D eigenvalue weighted by molar-refractivity contribution is 6.01. The van der Waals surface area contributed by atoms with Gasteiger partial charge in [-0.05, 0) is 61.4 Å². The Balaban J connectivity index is 1.73. The lowest BCUT2D eigenvalue weighted by molar-refractivity contribution is -0.117. The summed E-state index contributed by atoms with van der Waals surface area (Å²) in [6, 6.07) is 18.2. The number of anilines is 1. The van der Waals surface area contributed by atoms with Crippen molar-refractivity contribution in [1.29, 1.82) is 0 Å². The average molecular weight is 447 g/mol. The third-order valence-corrected chi connectivity index (χ3v) is 5.72. The van der Waals surface area contributed by atoms with Gasteiger partial charge >= 0.3 is 0 Å². The van der Waals surface area contributed by atoms with Gasteiger partial charge in [0, 0.05) is 16.8 Å². The Morgan fingerprint density at radius 3 is 2.52 bits per heavy atom. The van der Waals surface area contributed by atoms with Crippen LogP contribution in [-0.2, 0) is 4.79 Å². The summed E-state index contributed by atoms with van der Waals surface area (Å²) in [6.45, 7) is 4.56. The van der Waals surface area contributed by atoms with E-state index in [0.29, 0.717) is 23.6 Å². The molecule has 4 rings (SSSR count). The van der Waals surface area contributed by atoms with Crippen molar-refractivity contribution < 1.29 is 18.7 Å². The molecule has 0 saturated heterocycles. The number of unbranched alkanes of at least 4 members (excludes halogenated alkanes) is 1. The molecule has 3 aromatic rings. The summed E-state index contributed by atoms with van der Waals surface area (Å²) in [5, 5.41) is 2.91. The number of aryl methyl sites for hydroxylation is 1. The monoisotopic (exact) mass is 446 g/mol. The molecule has 1 heterocycles. The fourth-order valence-electron chi connectivity index (χ4n) is 4.01. The van der Waals surface area contributed by atoms with Gasteiger partial charge in [0.2, 0.25) is 5.91 Å². The third-order valence-electron chi connectivity index (χ3n) is 5.72. The molecule has 0 saturated carbocycles. The summed E-state index contributed by atoms with van der Waals surface area (Å²) in [6.07, 6.45) is 2.00. The van der Waals surface area contributed by atoms with Crippen molar-refractivity contribution in [2.75, 3.05) is 18.5 Å². The standard InChI is InChI=1S/C27H27FN2O3/c1-3-4-15-33-22-12-8-20(9-13-22)27(32)30-17-25(31)29-24-14-5-18(2)16-23(24)26(30)19-6-10-21(28)11-7-19/h5-14,16,26H,3-4,15,17H2,1-2H3,(H,29,31). The minimum Gasteiger partial charge on any atom is -0.494 e. The van der Waals surface area contributed by atoms with E-state index in [2.05, 4.69) is 12.2 Å². The minimum atomic E-state index is -0.549. The highest BCUT2D eigenvalue weighted by Crippen LogP contribution is 2.37. The van der Waals surface area contributed by atoms with E-state index >= 15 is 0 Å². The van der Waals surface area contributed by atoms with Crippen LogP contribution in [0.2, 0.25) is 0 Å². The van der Waals surface area contributed by atoms with E-state index in [1.54, 1.807) is 41.3 Å². The molecular weight excluding hydrogens is 419 g/mol. The van der Waals surface area contributed by atoms with Gasteiger partial charge < -0.3 is 15.0 Å². The van der Waals surface area contributed by atoms with Crippen LogP contribution in [0.15, 0.2) is 66.7 Å². The first-order valence-corrected chi connectivity index (χ1v) is 11.2. The molecule has 0 bridgehead atoms. The number of carbonyl (C=O) groups is 2. The van der Waals surface area contributed by atoms with Gasteiger partial charge in [-0.3, -0.25) is 9.59 Å². The predicted octanol–water partition coefficient (Wildman–Crippen LogP) is 5.50. The highest BCUT2D eigenvalue weighted by atomic mass is 19.1. The van der Waals surface area contributed by atoms with Crippen molar-refractivity contribution in [3.63, 3.8) is 0 Å². The molecule has 1 unspecified atom stereocenters. The molecule has 0 radical (unpaired) electrons. The molecular formula is C27H27FN2O3. The fraction of sp³-hybridized carbons (Fsp3) is 0.259. The number of benzene rings is 3. The Morgan fingerprint density at radius 1 is 1.09 bits per heavy atom. The third kappa shape index (κ3) is 5.06. The van der Waals surface area contributed by atoms with Crippen LogP contribution in [0.1, 0.15) is 52.9 Å². The van der Waals surface area contributed by atoms with Crippen LogP contribution < -0.4 is 10.1 Å². The Kier molecular flexibility index (Phi) is 6.73. The van der Waals surface area contributed by atoms with Gasteiger partial charge in [0.25, 0.3) is 5.91 Å². The van der Waals surface area contributed by atoms with Crippen LogP contribution in [0, 0.1) is 12.7 Å². The Hall–Kier alpha value is -3.67. The second kappa shape index (κ2) is 9.86. The predicted molar refractivity (Wildman–Crippen MR) is 126 cm³/mol. The maximum Gasteiger partial charge on any atom is 0.255 e. The number of hydrogen-bond acceptors (Lipinski definition) is 3. The van der Waals surface area contributed by atoms with Gasteiger partial charge in [0.1, 0.15) is 18.1 Å². The number of hydrogen-bond donors (Lipinski definition) is 1. The normalized spacial score (nSPS) is 15.4. The number of ether oxygens (including phenoxy) is 1. The molecule has 0 spiro atoms. The first kappa shape index (κ1) is 22.5. The Labute approximate surface area is 193 Å². The van der Waals surface area contributed by atoms with Gasteiger partial charge in [0.05, 0.1) is 12.6 Å². The van der Waals surface area contributed by atoms with Gasteiger partial charge in [-0.2, -0.15) is 0 Å². The van der Waals surface area contributed by atoms with Gasteiger partial charge in [-0.1, -0.05) is 43.2 Å². The Morgan fingerprint density at radius 2 is 1.82 bits per heavy atom. The van der Waals surface area contributed by atoms with E-state index < -0.39 is 6.04 Å². The van der Waals surface area contributed by atoms with E-state index in [0.717, 1.165) is 29.5 Å². The summed E-state index contributed by atoms with van der Waals surface area (Å²) in [4.78, 5) is 27.9. The largest absolute Gasteiger partial charge is 0.494 e. The maximum absolute atomic E-state index is 13.7. The first-order valence-electron chi connectivity index (χ1n) is 11.2. The lowest BCUT2D eigenvalue weighted by Crippen LogP contribution is -2.39. The van der Waals surface area contributed by atoms with Crippen molar-refractivity contribution in [2.24, 2.45) is 0 Å². The molecule has 3 aromatic carbocycles. The number of nitrogens with zero attached hydrogens (tertiary/aromatic N) is 1. The van der Waals surface area contributed by atoms with Crippen molar-refractivity contribution in [2.45, 2.75) is 32.7 Å². The van der Waals surface area contributed by atoms with Crippen LogP contribution in [-0.4, -0.2) is 29.9 Å². The zero-order valence-corrected chi connectivity index (χ0v) is 18.8. The van der Waals surface area contributed by atoms with E-state index in [1.807, 2.05) is 25.1 Å². The smallest absolute Gasteiger partial charge is 0.255 e. The van der Waals surface area contributed by atoms with E-state index in [9.17, 15) is 14.0 Å². The van der Waals surface area contributed by atoms with Gasteiger partial charge in [-0.15, -0.1) is 0 Å². The summed E-state index contributed by atoms with van der Waals surface area (Å²) < 4.78 is 19.4. The molecule has 5 nitrogen and oxygen atoms in total. The van der Waals surface area contributed by atoms with Gasteiger partial charge in [-0.25, -0.2) is 4.39 Å². The van der Waals surface area contributed by atoms with E-state index in [-0.39, 0.29) is 24.2 Å². The molecule has 1 atom stereocenters. The molecule has 0 aliphatic carbocycles. The van der Waals surface area contributed by atoms with E-state index in [4.69, 9.17) is 4.74 Å².